The van der Waals surface area contributed by atoms with Gasteiger partial charge in [-0.1, -0.05) is 170 Å². The zero-order valence-electron chi connectivity index (χ0n) is 29.4. The quantitative estimate of drug-likeness (QED) is 0.170. The van der Waals surface area contributed by atoms with Crippen LogP contribution in [0.15, 0.2) is 194 Å². The Hall–Kier alpha value is -6.70. The van der Waals surface area contributed by atoms with Crippen LogP contribution in [0.25, 0.3) is 71.8 Å². The highest BCUT2D eigenvalue weighted by atomic mass is 15.1. The van der Waals surface area contributed by atoms with Crippen molar-refractivity contribution in [1.82, 2.24) is 0 Å². The van der Waals surface area contributed by atoms with Crippen LogP contribution in [0.3, 0.4) is 0 Å². The summed E-state index contributed by atoms with van der Waals surface area (Å²) in [5, 5.41) is 7.60. The molecule has 250 valence electrons. The van der Waals surface area contributed by atoms with E-state index in [1.54, 1.807) is 0 Å². The minimum absolute atomic E-state index is 1.05. The van der Waals surface area contributed by atoms with Crippen molar-refractivity contribution in [3.05, 3.63) is 205 Å². The molecule has 1 aliphatic rings. The van der Waals surface area contributed by atoms with E-state index in [2.05, 4.69) is 205 Å². The van der Waals surface area contributed by atoms with Crippen molar-refractivity contribution in [3.8, 4) is 33.4 Å². The molecule has 0 aliphatic heterocycles. The maximum atomic E-state index is 2.43. The number of nitrogens with zero attached hydrogens (tertiary/aromatic N) is 1. The fourth-order valence-corrected chi connectivity index (χ4v) is 8.51. The van der Waals surface area contributed by atoms with Gasteiger partial charge < -0.3 is 4.90 Å². The molecular weight excluding hydrogens is 639 g/mol. The third-order valence-corrected chi connectivity index (χ3v) is 10.9. The maximum Gasteiger partial charge on any atom is 0.0540 e. The molecular formula is C52H37N. The van der Waals surface area contributed by atoms with E-state index in [0.717, 1.165) is 29.9 Å². The molecule has 0 aromatic heterocycles. The largest absolute Gasteiger partial charge is 0.310 e. The van der Waals surface area contributed by atoms with Gasteiger partial charge in [-0.15, -0.1) is 0 Å². The smallest absolute Gasteiger partial charge is 0.0540 e. The van der Waals surface area contributed by atoms with E-state index in [-0.39, 0.29) is 0 Å². The topological polar surface area (TPSA) is 3.24 Å². The molecule has 0 radical (unpaired) electrons. The Bertz CT molecular complexity index is 2820. The lowest BCUT2D eigenvalue weighted by Crippen LogP contribution is -2.10. The highest BCUT2D eigenvalue weighted by Gasteiger charge is 2.23. The van der Waals surface area contributed by atoms with Gasteiger partial charge in [-0.2, -0.15) is 0 Å². The fourth-order valence-electron chi connectivity index (χ4n) is 8.51. The average molecular weight is 676 g/mol. The van der Waals surface area contributed by atoms with Gasteiger partial charge in [0.1, 0.15) is 0 Å². The summed E-state index contributed by atoms with van der Waals surface area (Å²) >= 11 is 0. The predicted octanol–water partition coefficient (Wildman–Crippen LogP) is 14.6. The lowest BCUT2D eigenvalue weighted by Gasteiger charge is -2.28. The number of allylic oxidation sites excluding steroid dienone is 1. The SMILES string of the molecule is C1=Cc2c(-c3ccccc3)c(-c3cccc(N(c4ccc(-c5cccc6ccccc56)cc4)c4cccc5ccccc45)c3)c3ccccc3c2CC1. The second-order valence-electron chi connectivity index (χ2n) is 14.0. The van der Waals surface area contributed by atoms with Crippen LogP contribution in [0.1, 0.15) is 17.5 Å². The van der Waals surface area contributed by atoms with Gasteiger partial charge >= 0.3 is 0 Å². The van der Waals surface area contributed by atoms with Crippen LogP contribution >= 0.6 is 0 Å². The minimum atomic E-state index is 1.05. The monoisotopic (exact) mass is 675 g/mol. The molecule has 9 aromatic carbocycles. The van der Waals surface area contributed by atoms with Crippen molar-refractivity contribution in [2.24, 2.45) is 0 Å². The summed E-state index contributed by atoms with van der Waals surface area (Å²) < 4.78 is 0. The lowest BCUT2D eigenvalue weighted by atomic mass is 9.80. The number of hydrogen-bond donors (Lipinski definition) is 0. The normalized spacial score (nSPS) is 12.3. The minimum Gasteiger partial charge on any atom is -0.310 e. The molecule has 0 heterocycles. The molecule has 10 rings (SSSR count). The molecule has 0 spiro atoms. The molecule has 0 amide bonds. The Labute approximate surface area is 310 Å². The van der Waals surface area contributed by atoms with E-state index < -0.39 is 0 Å². The molecule has 1 nitrogen and oxygen atoms in total. The molecule has 0 unspecified atom stereocenters. The van der Waals surface area contributed by atoms with E-state index in [9.17, 15) is 0 Å². The van der Waals surface area contributed by atoms with Crippen molar-refractivity contribution >= 4 is 55.5 Å². The van der Waals surface area contributed by atoms with Crippen molar-refractivity contribution in [2.45, 2.75) is 12.8 Å². The zero-order chi connectivity index (χ0) is 35.1. The molecule has 1 aliphatic carbocycles. The summed E-state index contributed by atoms with van der Waals surface area (Å²) in [6, 6.07) is 68.8. The van der Waals surface area contributed by atoms with Gasteiger partial charge in [-0.05, 0) is 115 Å². The molecule has 0 bridgehead atoms. The van der Waals surface area contributed by atoms with E-state index in [4.69, 9.17) is 0 Å². The van der Waals surface area contributed by atoms with Crippen LogP contribution in [0.5, 0.6) is 0 Å². The van der Waals surface area contributed by atoms with Gasteiger partial charge in [0.2, 0.25) is 0 Å². The van der Waals surface area contributed by atoms with Crippen LogP contribution in [-0.2, 0) is 6.42 Å². The van der Waals surface area contributed by atoms with Crippen molar-refractivity contribution in [3.63, 3.8) is 0 Å². The summed E-state index contributed by atoms with van der Waals surface area (Å²) in [5.41, 5.74) is 13.7. The standard InChI is InChI=1S/C52H37N/c1-2-17-39(18-3-1)51-48-27-10-8-25-46(48)47-26-9-11-28-49(47)52(51)40-21-12-22-42(35-40)53(50-30-14-20-37-16-5-7-24-45(37)50)41-33-31-38(32-34-41)44-29-13-19-36-15-4-6-23-43(36)44/h1-7,9-24,26-35H,8,25H2. The summed E-state index contributed by atoms with van der Waals surface area (Å²) in [5.74, 6) is 0. The maximum absolute atomic E-state index is 2.43. The van der Waals surface area contributed by atoms with E-state index in [0.29, 0.717) is 0 Å². The molecule has 0 N–H and O–H groups in total. The molecule has 0 saturated carbocycles. The zero-order valence-corrected chi connectivity index (χ0v) is 29.4. The van der Waals surface area contributed by atoms with Gasteiger partial charge in [0.15, 0.2) is 0 Å². The number of rotatable bonds is 6. The number of fused-ring (bicyclic) bond motifs is 5. The predicted molar refractivity (Wildman–Crippen MR) is 227 cm³/mol. The Morgan fingerprint density at radius 2 is 1.02 bits per heavy atom. The molecule has 9 aromatic rings. The van der Waals surface area contributed by atoms with E-state index in [1.807, 2.05) is 0 Å². The second kappa shape index (κ2) is 13.1. The first kappa shape index (κ1) is 31.1. The van der Waals surface area contributed by atoms with Crippen molar-refractivity contribution in [1.29, 1.82) is 0 Å². The summed E-state index contributed by atoms with van der Waals surface area (Å²) in [4.78, 5) is 2.43. The summed E-state index contributed by atoms with van der Waals surface area (Å²) in [6.45, 7) is 0. The second-order valence-corrected chi connectivity index (χ2v) is 14.0. The van der Waals surface area contributed by atoms with Crippen molar-refractivity contribution in [2.75, 3.05) is 4.90 Å². The molecule has 0 atom stereocenters. The molecule has 0 fully saturated rings. The third kappa shape index (κ3) is 5.41. The fraction of sp³-hybridized carbons (Fsp3) is 0.0385. The first-order valence-corrected chi connectivity index (χ1v) is 18.6. The number of anilines is 3. The Kier molecular flexibility index (Phi) is 7.69. The van der Waals surface area contributed by atoms with Crippen LogP contribution in [-0.4, -0.2) is 0 Å². The Morgan fingerprint density at radius 1 is 0.396 bits per heavy atom. The van der Waals surface area contributed by atoms with Gasteiger partial charge in [0.25, 0.3) is 0 Å². The van der Waals surface area contributed by atoms with Crippen LogP contribution in [0.2, 0.25) is 0 Å². The van der Waals surface area contributed by atoms with E-state index in [1.165, 1.54) is 76.8 Å². The number of aryl methyl sites for hydroxylation is 1. The van der Waals surface area contributed by atoms with Gasteiger partial charge in [0.05, 0.1) is 5.69 Å². The van der Waals surface area contributed by atoms with Gasteiger partial charge in [-0.3, -0.25) is 0 Å². The Balaban J connectivity index is 1.20. The number of benzene rings is 9. The molecule has 53 heavy (non-hydrogen) atoms. The molecule has 0 saturated heterocycles. The Morgan fingerprint density at radius 3 is 1.83 bits per heavy atom. The van der Waals surface area contributed by atoms with Gasteiger partial charge in [-0.25, -0.2) is 0 Å². The van der Waals surface area contributed by atoms with Crippen LogP contribution in [0.4, 0.5) is 17.1 Å². The van der Waals surface area contributed by atoms with Gasteiger partial charge in [0, 0.05) is 16.8 Å². The first-order chi connectivity index (χ1) is 26.3. The lowest BCUT2D eigenvalue weighted by molar-refractivity contribution is 0.998. The summed E-state index contributed by atoms with van der Waals surface area (Å²) in [6.07, 6.45) is 6.82. The first-order valence-electron chi connectivity index (χ1n) is 18.6. The van der Waals surface area contributed by atoms with Crippen LogP contribution < -0.4 is 4.90 Å². The average Bonchev–Trinajstić information content (AvgIpc) is 3.24. The highest BCUT2D eigenvalue weighted by Crippen LogP contribution is 2.47. The van der Waals surface area contributed by atoms with E-state index >= 15 is 0 Å². The third-order valence-electron chi connectivity index (χ3n) is 10.9. The summed E-state index contributed by atoms with van der Waals surface area (Å²) in [7, 11) is 0. The van der Waals surface area contributed by atoms with Crippen molar-refractivity contribution < 1.29 is 0 Å². The molecule has 1 heteroatoms. The highest BCUT2D eigenvalue weighted by molar-refractivity contribution is 6.10. The number of hydrogen-bond acceptors (Lipinski definition) is 1. The van der Waals surface area contributed by atoms with Crippen LogP contribution in [0, 0.1) is 0 Å².